The minimum atomic E-state index is -0.778. The van der Waals surface area contributed by atoms with E-state index in [9.17, 15) is 9.59 Å². The molecule has 0 fully saturated rings. The van der Waals surface area contributed by atoms with Gasteiger partial charge < -0.3 is 5.32 Å². The summed E-state index contributed by atoms with van der Waals surface area (Å²) in [6.45, 7) is 3.56. The SMILES string of the molecule is CC(C)NC(=O)C(=O)NN=Cc1cccc2ccccc12. The van der Waals surface area contributed by atoms with Crippen LogP contribution in [0.15, 0.2) is 47.6 Å². The van der Waals surface area contributed by atoms with Gasteiger partial charge in [0, 0.05) is 11.6 Å². The summed E-state index contributed by atoms with van der Waals surface area (Å²) >= 11 is 0. The van der Waals surface area contributed by atoms with Crippen LogP contribution in [0.3, 0.4) is 0 Å². The largest absolute Gasteiger partial charge is 0.346 e. The van der Waals surface area contributed by atoms with Crippen molar-refractivity contribution in [3.63, 3.8) is 0 Å². The van der Waals surface area contributed by atoms with Crippen molar-refractivity contribution in [3.8, 4) is 0 Å². The first-order valence-corrected chi connectivity index (χ1v) is 6.69. The molecular formula is C16H17N3O2. The molecule has 0 atom stereocenters. The Morgan fingerprint density at radius 1 is 1.05 bits per heavy atom. The molecule has 2 aromatic rings. The van der Waals surface area contributed by atoms with E-state index in [1.807, 2.05) is 42.5 Å². The number of amides is 2. The number of carbonyl (C=O) groups excluding carboxylic acids is 2. The van der Waals surface area contributed by atoms with E-state index in [4.69, 9.17) is 0 Å². The zero-order valence-corrected chi connectivity index (χ0v) is 12.0. The lowest BCUT2D eigenvalue weighted by atomic mass is 10.1. The number of carbonyl (C=O) groups is 2. The highest BCUT2D eigenvalue weighted by Gasteiger charge is 2.12. The number of nitrogens with zero attached hydrogens (tertiary/aromatic N) is 1. The Balaban J connectivity index is 2.07. The molecule has 5 nitrogen and oxygen atoms in total. The number of hydrogen-bond donors (Lipinski definition) is 2. The lowest BCUT2D eigenvalue weighted by Gasteiger charge is -2.06. The van der Waals surface area contributed by atoms with Crippen molar-refractivity contribution in [2.24, 2.45) is 5.10 Å². The van der Waals surface area contributed by atoms with Gasteiger partial charge in [0.2, 0.25) is 0 Å². The molecular weight excluding hydrogens is 266 g/mol. The molecule has 0 spiro atoms. The van der Waals surface area contributed by atoms with Crippen LogP contribution in [0.2, 0.25) is 0 Å². The van der Waals surface area contributed by atoms with Crippen LogP contribution in [0, 0.1) is 0 Å². The summed E-state index contributed by atoms with van der Waals surface area (Å²) in [7, 11) is 0. The Morgan fingerprint density at radius 2 is 1.76 bits per heavy atom. The average molecular weight is 283 g/mol. The van der Waals surface area contributed by atoms with Crippen LogP contribution in [-0.2, 0) is 9.59 Å². The van der Waals surface area contributed by atoms with Gasteiger partial charge in [0.15, 0.2) is 0 Å². The minimum absolute atomic E-state index is 0.0923. The van der Waals surface area contributed by atoms with Crippen LogP contribution in [0.1, 0.15) is 19.4 Å². The van der Waals surface area contributed by atoms with Crippen molar-refractivity contribution < 1.29 is 9.59 Å². The zero-order chi connectivity index (χ0) is 15.2. The predicted octanol–water partition coefficient (Wildman–Crippen LogP) is 1.81. The van der Waals surface area contributed by atoms with Crippen LogP contribution >= 0.6 is 0 Å². The molecule has 2 amide bonds. The van der Waals surface area contributed by atoms with Gasteiger partial charge >= 0.3 is 11.8 Å². The fourth-order valence-corrected chi connectivity index (χ4v) is 1.90. The van der Waals surface area contributed by atoms with Crippen LogP contribution < -0.4 is 10.7 Å². The van der Waals surface area contributed by atoms with Crippen molar-refractivity contribution >= 4 is 28.8 Å². The van der Waals surface area contributed by atoms with E-state index in [1.54, 1.807) is 13.8 Å². The Labute approximate surface area is 123 Å². The van der Waals surface area contributed by atoms with Gasteiger partial charge in [-0.2, -0.15) is 5.10 Å². The number of fused-ring (bicyclic) bond motifs is 1. The van der Waals surface area contributed by atoms with Gasteiger partial charge in [0.05, 0.1) is 6.21 Å². The van der Waals surface area contributed by atoms with E-state index in [0.717, 1.165) is 16.3 Å². The number of benzene rings is 2. The van der Waals surface area contributed by atoms with E-state index < -0.39 is 11.8 Å². The first-order valence-electron chi connectivity index (χ1n) is 6.69. The molecule has 0 aromatic heterocycles. The third-order valence-electron chi connectivity index (χ3n) is 2.82. The Hall–Kier alpha value is -2.69. The van der Waals surface area contributed by atoms with Crippen LogP contribution in [0.5, 0.6) is 0 Å². The monoisotopic (exact) mass is 283 g/mol. The van der Waals surface area contributed by atoms with E-state index in [2.05, 4.69) is 15.8 Å². The Morgan fingerprint density at radius 3 is 2.52 bits per heavy atom. The molecule has 2 N–H and O–H groups in total. The summed E-state index contributed by atoms with van der Waals surface area (Å²) in [5.41, 5.74) is 3.09. The maximum absolute atomic E-state index is 11.5. The maximum atomic E-state index is 11.5. The summed E-state index contributed by atoms with van der Waals surface area (Å²) in [5, 5.41) is 8.45. The van der Waals surface area contributed by atoms with Crippen molar-refractivity contribution in [1.82, 2.24) is 10.7 Å². The zero-order valence-electron chi connectivity index (χ0n) is 12.0. The molecule has 0 radical (unpaired) electrons. The molecule has 0 aliphatic carbocycles. The van der Waals surface area contributed by atoms with E-state index >= 15 is 0 Å². The fourth-order valence-electron chi connectivity index (χ4n) is 1.90. The van der Waals surface area contributed by atoms with Crippen LogP contribution in [-0.4, -0.2) is 24.1 Å². The summed E-state index contributed by atoms with van der Waals surface area (Å²) in [5.74, 6) is -1.47. The molecule has 2 rings (SSSR count). The highest BCUT2D eigenvalue weighted by Crippen LogP contribution is 2.16. The van der Waals surface area contributed by atoms with Gasteiger partial charge in [-0.05, 0) is 24.6 Å². The highest BCUT2D eigenvalue weighted by molar-refractivity contribution is 6.35. The number of nitrogens with one attached hydrogen (secondary N) is 2. The number of rotatable bonds is 3. The number of hydrazone groups is 1. The molecule has 0 unspecified atom stereocenters. The molecule has 5 heteroatoms. The fraction of sp³-hybridized carbons (Fsp3) is 0.188. The second-order valence-corrected chi connectivity index (χ2v) is 4.90. The molecule has 21 heavy (non-hydrogen) atoms. The molecule has 0 bridgehead atoms. The predicted molar refractivity (Wildman–Crippen MR) is 83.0 cm³/mol. The molecule has 0 saturated carbocycles. The third kappa shape index (κ3) is 3.89. The van der Waals surface area contributed by atoms with Crippen LogP contribution in [0.25, 0.3) is 10.8 Å². The van der Waals surface area contributed by atoms with Crippen molar-refractivity contribution in [2.75, 3.05) is 0 Å². The van der Waals surface area contributed by atoms with Gasteiger partial charge in [0.1, 0.15) is 0 Å². The van der Waals surface area contributed by atoms with Crippen molar-refractivity contribution in [2.45, 2.75) is 19.9 Å². The summed E-state index contributed by atoms with van der Waals surface area (Å²) in [6, 6.07) is 13.6. The van der Waals surface area contributed by atoms with Gasteiger partial charge in [-0.3, -0.25) is 9.59 Å². The normalized spacial score (nSPS) is 11.0. The van der Waals surface area contributed by atoms with E-state index in [1.165, 1.54) is 6.21 Å². The second kappa shape index (κ2) is 6.65. The Kier molecular flexibility index (Phi) is 4.66. The molecule has 2 aromatic carbocycles. The van der Waals surface area contributed by atoms with Crippen molar-refractivity contribution in [1.29, 1.82) is 0 Å². The van der Waals surface area contributed by atoms with Crippen LogP contribution in [0.4, 0.5) is 0 Å². The van der Waals surface area contributed by atoms with E-state index in [-0.39, 0.29) is 6.04 Å². The molecule has 108 valence electrons. The first kappa shape index (κ1) is 14.7. The second-order valence-electron chi connectivity index (χ2n) is 4.90. The first-order chi connectivity index (χ1) is 10.1. The topological polar surface area (TPSA) is 70.6 Å². The lowest BCUT2D eigenvalue weighted by Crippen LogP contribution is -2.41. The van der Waals surface area contributed by atoms with Gasteiger partial charge in [0.25, 0.3) is 0 Å². The van der Waals surface area contributed by atoms with Gasteiger partial charge in [-0.25, -0.2) is 5.43 Å². The van der Waals surface area contributed by atoms with Gasteiger partial charge in [-0.1, -0.05) is 42.5 Å². The summed E-state index contributed by atoms with van der Waals surface area (Å²) < 4.78 is 0. The average Bonchev–Trinajstić information content (AvgIpc) is 2.46. The van der Waals surface area contributed by atoms with Gasteiger partial charge in [-0.15, -0.1) is 0 Å². The lowest BCUT2D eigenvalue weighted by molar-refractivity contribution is -0.139. The highest BCUT2D eigenvalue weighted by atomic mass is 16.2. The molecule has 0 saturated heterocycles. The molecule has 0 heterocycles. The maximum Gasteiger partial charge on any atom is 0.329 e. The number of hydrogen-bond acceptors (Lipinski definition) is 3. The smallest absolute Gasteiger partial charge is 0.329 e. The summed E-state index contributed by atoms with van der Waals surface area (Å²) in [6.07, 6.45) is 1.53. The molecule has 0 aliphatic rings. The molecule has 0 aliphatic heterocycles. The standard InChI is InChI=1S/C16H17N3O2/c1-11(2)18-15(20)16(21)19-17-10-13-8-5-7-12-6-3-4-9-14(12)13/h3-11H,1-2H3,(H,18,20)(H,19,21). The van der Waals surface area contributed by atoms with E-state index in [0.29, 0.717) is 0 Å². The summed E-state index contributed by atoms with van der Waals surface area (Å²) in [4.78, 5) is 22.9. The van der Waals surface area contributed by atoms with Crippen molar-refractivity contribution in [3.05, 3.63) is 48.0 Å². The quantitative estimate of drug-likeness (QED) is 0.512. The third-order valence-corrected chi connectivity index (χ3v) is 2.82. The minimum Gasteiger partial charge on any atom is -0.346 e. The Bertz CT molecular complexity index is 687.